The Balaban J connectivity index is 2.47. The van der Waals surface area contributed by atoms with Crippen LogP contribution in [0.15, 0.2) is 30.5 Å². The highest BCUT2D eigenvalue weighted by atomic mass is 79.9. The minimum absolute atomic E-state index is 0.0688. The van der Waals surface area contributed by atoms with Crippen LogP contribution in [0.25, 0.3) is 10.9 Å². The van der Waals surface area contributed by atoms with Crippen LogP contribution in [0.5, 0.6) is 0 Å². The number of carbonyl (C=O) groups excluding carboxylic acids is 1. The van der Waals surface area contributed by atoms with Gasteiger partial charge < -0.3 is 4.98 Å². The van der Waals surface area contributed by atoms with Crippen molar-refractivity contribution in [2.45, 2.75) is 0 Å². The minimum atomic E-state index is 0.0688. The second kappa shape index (κ2) is 3.94. The van der Waals surface area contributed by atoms with Gasteiger partial charge in [-0.25, -0.2) is 4.34 Å². The van der Waals surface area contributed by atoms with E-state index in [1.54, 1.807) is 6.20 Å². The summed E-state index contributed by atoms with van der Waals surface area (Å²) in [5, 5.41) is 0.972. The van der Waals surface area contributed by atoms with Crippen molar-refractivity contribution in [1.82, 2.24) is 9.33 Å². The van der Waals surface area contributed by atoms with E-state index < -0.39 is 0 Å². The normalized spacial score (nSPS) is 10.6. The summed E-state index contributed by atoms with van der Waals surface area (Å²) in [7, 11) is 0. The van der Waals surface area contributed by atoms with Crippen LogP contribution in [-0.2, 0) is 0 Å². The molecule has 0 saturated carbocycles. The van der Waals surface area contributed by atoms with Crippen molar-refractivity contribution in [2.75, 3.05) is 6.54 Å². The van der Waals surface area contributed by atoms with Crippen LogP contribution in [-0.4, -0.2) is 17.3 Å². The van der Waals surface area contributed by atoms with Crippen molar-refractivity contribution in [3.8, 4) is 0 Å². The molecule has 14 heavy (non-hydrogen) atoms. The fourth-order valence-electron chi connectivity index (χ4n) is 1.46. The Kier molecular flexibility index (Phi) is 2.65. The van der Waals surface area contributed by atoms with Gasteiger partial charge in [0.15, 0.2) is 5.78 Å². The fraction of sp³-hybridized carbons (Fsp3) is 0.100. The molecule has 1 aromatic heterocycles. The number of aromatic nitrogens is 1. The molecule has 0 aliphatic rings. The topological polar surface area (TPSA) is 44.9 Å². The Bertz CT molecular complexity index is 464. The van der Waals surface area contributed by atoms with Crippen LogP contribution in [0.4, 0.5) is 0 Å². The number of hydrogen-bond donors (Lipinski definition) is 2. The van der Waals surface area contributed by atoms with E-state index in [1.807, 2.05) is 24.3 Å². The summed E-state index contributed by atoms with van der Waals surface area (Å²) in [6.45, 7) is 0.293. The molecule has 0 fully saturated rings. The highest BCUT2D eigenvalue weighted by molar-refractivity contribution is 9.08. The van der Waals surface area contributed by atoms with Gasteiger partial charge in [0.2, 0.25) is 0 Å². The van der Waals surface area contributed by atoms with Crippen molar-refractivity contribution < 1.29 is 4.79 Å². The van der Waals surface area contributed by atoms with E-state index in [0.29, 0.717) is 6.54 Å². The number of fused-ring (bicyclic) bond motifs is 1. The summed E-state index contributed by atoms with van der Waals surface area (Å²) >= 11 is 3.02. The van der Waals surface area contributed by atoms with Gasteiger partial charge in [-0.1, -0.05) is 18.2 Å². The second-order valence-electron chi connectivity index (χ2n) is 2.98. The predicted molar refractivity (Wildman–Crippen MR) is 59.6 cm³/mol. The summed E-state index contributed by atoms with van der Waals surface area (Å²) < 4.78 is 2.67. The first-order valence-electron chi connectivity index (χ1n) is 4.25. The van der Waals surface area contributed by atoms with Crippen molar-refractivity contribution in [3.05, 3.63) is 36.0 Å². The van der Waals surface area contributed by atoms with Gasteiger partial charge in [-0.3, -0.25) is 4.79 Å². The van der Waals surface area contributed by atoms with E-state index >= 15 is 0 Å². The number of hydrogen-bond acceptors (Lipinski definition) is 2. The lowest BCUT2D eigenvalue weighted by Crippen LogP contribution is -2.13. The van der Waals surface area contributed by atoms with E-state index in [1.165, 1.54) is 0 Å². The summed E-state index contributed by atoms with van der Waals surface area (Å²) in [6, 6.07) is 7.76. The number of benzene rings is 1. The van der Waals surface area contributed by atoms with Crippen LogP contribution in [0, 0.1) is 0 Å². The molecule has 72 valence electrons. The maximum absolute atomic E-state index is 11.6. The molecule has 3 nitrogen and oxygen atoms in total. The Hall–Kier alpha value is -1.13. The smallest absolute Gasteiger partial charge is 0.179 e. The lowest BCUT2D eigenvalue weighted by molar-refractivity contribution is 0.1000. The van der Waals surface area contributed by atoms with Gasteiger partial charge in [-0.15, -0.1) is 0 Å². The number of aromatic amines is 1. The number of rotatable bonds is 3. The molecule has 0 saturated heterocycles. The van der Waals surface area contributed by atoms with Gasteiger partial charge in [-0.05, 0) is 6.07 Å². The monoisotopic (exact) mass is 252 g/mol. The molecule has 0 atom stereocenters. The maximum atomic E-state index is 11.6. The highest BCUT2D eigenvalue weighted by Gasteiger charge is 2.10. The zero-order chi connectivity index (χ0) is 9.97. The van der Waals surface area contributed by atoms with E-state index in [0.717, 1.165) is 16.5 Å². The van der Waals surface area contributed by atoms with Crippen LogP contribution >= 0.6 is 16.1 Å². The summed E-state index contributed by atoms with van der Waals surface area (Å²) in [5.74, 6) is 0.0688. The first-order valence-corrected chi connectivity index (χ1v) is 5.05. The Morgan fingerprint density at radius 2 is 2.21 bits per heavy atom. The molecule has 0 amide bonds. The predicted octanol–water partition coefficient (Wildman–Crippen LogP) is 2.25. The molecule has 1 heterocycles. The Morgan fingerprint density at radius 1 is 1.43 bits per heavy atom. The fourth-order valence-corrected chi connectivity index (χ4v) is 1.71. The number of carbonyl (C=O) groups is 1. The van der Waals surface area contributed by atoms with Crippen molar-refractivity contribution in [3.63, 3.8) is 0 Å². The third-order valence-corrected chi connectivity index (χ3v) is 2.40. The lowest BCUT2D eigenvalue weighted by atomic mass is 10.1. The van der Waals surface area contributed by atoms with E-state index in [2.05, 4.69) is 25.5 Å². The number of H-pyrrole nitrogens is 1. The molecule has 0 aliphatic carbocycles. The summed E-state index contributed by atoms with van der Waals surface area (Å²) in [6.07, 6.45) is 1.75. The molecule has 1 aromatic carbocycles. The van der Waals surface area contributed by atoms with Gasteiger partial charge in [0.25, 0.3) is 0 Å². The molecule has 0 radical (unpaired) electrons. The number of nitrogens with one attached hydrogen (secondary N) is 2. The molecule has 0 bridgehead atoms. The molecule has 2 aromatic rings. The minimum Gasteiger partial charge on any atom is -0.360 e. The third-order valence-electron chi connectivity index (χ3n) is 2.12. The maximum Gasteiger partial charge on any atom is 0.179 e. The summed E-state index contributed by atoms with van der Waals surface area (Å²) in [5.41, 5.74) is 1.72. The zero-order valence-corrected chi connectivity index (χ0v) is 8.97. The molecule has 4 heteroatoms. The van der Waals surface area contributed by atoms with E-state index in [4.69, 9.17) is 0 Å². The first kappa shape index (κ1) is 9.43. The van der Waals surface area contributed by atoms with Gasteiger partial charge in [0.05, 0.1) is 6.54 Å². The number of ketones is 1. The average molecular weight is 253 g/mol. The van der Waals surface area contributed by atoms with Crippen molar-refractivity contribution in [2.24, 2.45) is 0 Å². The SMILES string of the molecule is O=C(CNBr)c1c[nH]c2ccccc12. The third kappa shape index (κ3) is 1.58. The zero-order valence-electron chi connectivity index (χ0n) is 7.38. The highest BCUT2D eigenvalue weighted by Crippen LogP contribution is 2.17. The molecular weight excluding hydrogens is 244 g/mol. The lowest BCUT2D eigenvalue weighted by Gasteiger charge is -1.96. The van der Waals surface area contributed by atoms with Crippen molar-refractivity contribution >= 4 is 32.8 Å². The second-order valence-corrected chi connectivity index (χ2v) is 3.54. The van der Waals surface area contributed by atoms with E-state index in [-0.39, 0.29) is 5.78 Å². The van der Waals surface area contributed by atoms with Gasteiger partial charge in [0.1, 0.15) is 0 Å². The largest absolute Gasteiger partial charge is 0.360 e. The molecule has 2 rings (SSSR count). The Morgan fingerprint density at radius 3 is 3.00 bits per heavy atom. The number of halogens is 1. The van der Waals surface area contributed by atoms with Gasteiger partial charge in [-0.2, -0.15) is 0 Å². The Labute approximate surface area is 89.8 Å². The van der Waals surface area contributed by atoms with Crippen LogP contribution < -0.4 is 4.34 Å². The molecule has 0 unspecified atom stereocenters. The van der Waals surface area contributed by atoms with Crippen LogP contribution in [0.3, 0.4) is 0 Å². The quantitative estimate of drug-likeness (QED) is 0.650. The van der Waals surface area contributed by atoms with E-state index in [9.17, 15) is 4.79 Å². The standard InChI is InChI=1S/C10H9BrN2O/c11-13-6-10(14)8-5-12-9-4-2-1-3-7(8)9/h1-5,12-13H,6H2. The first-order chi connectivity index (χ1) is 6.83. The molecule has 0 spiro atoms. The van der Waals surface area contributed by atoms with Crippen LogP contribution in [0.1, 0.15) is 10.4 Å². The molecule has 2 N–H and O–H groups in total. The summed E-state index contributed by atoms with van der Waals surface area (Å²) in [4.78, 5) is 14.7. The van der Waals surface area contributed by atoms with Gasteiger partial charge >= 0.3 is 0 Å². The number of para-hydroxylation sites is 1. The van der Waals surface area contributed by atoms with Gasteiger partial charge in [0, 0.05) is 38.8 Å². The molecule has 0 aliphatic heterocycles. The number of Topliss-reactive ketones (excluding diaryl/α,β-unsaturated/α-hetero) is 1. The van der Waals surface area contributed by atoms with Crippen molar-refractivity contribution in [1.29, 1.82) is 0 Å². The van der Waals surface area contributed by atoms with Crippen LogP contribution in [0.2, 0.25) is 0 Å². The molecular formula is C10H9BrN2O. The average Bonchev–Trinajstić information content (AvgIpc) is 2.61.